The SMILES string of the molecule is COCCS(=O)(=O)NC1CC2CCC(C1)N2.Cl. The summed E-state index contributed by atoms with van der Waals surface area (Å²) in [6, 6.07) is 1.13. The zero-order chi connectivity index (χ0) is 11.6. The van der Waals surface area contributed by atoms with Crippen LogP contribution in [0.15, 0.2) is 0 Å². The van der Waals surface area contributed by atoms with Crippen LogP contribution in [0.25, 0.3) is 0 Å². The molecule has 0 saturated carbocycles. The smallest absolute Gasteiger partial charge is 0.214 e. The molecule has 2 aliphatic heterocycles. The molecule has 0 aromatic rings. The third-order valence-electron chi connectivity index (χ3n) is 3.38. The lowest BCUT2D eigenvalue weighted by Crippen LogP contribution is -2.48. The zero-order valence-corrected chi connectivity index (χ0v) is 11.6. The highest BCUT2D eigenvalue weighted by atomic mass is 35.5. The molecule has 2 unspecified atom stereocenters. The summed E-state index contributed by atoms with van der Waals surface area (Å²) in [7, 11) is -1.65. The van der Waals surface area contributed by atoms with Gasteiger partial charge >= 0.3 is 0 Å². The first-order chi connectivity index (χ1) is 7.59. The lowest BCUT2D eigenvalue weighted by molar-refractivity contribution is 0.216. The van der Waals surface area contributed by atoms with Crippen LogP contribution in [0.3, 0.4) is 0 Å². The maximum atomic E-state index is 11.7. The third kappa shape index (κ3) is 4.37. The Morgan fingerprint density at radius 1 is 1.29 bits per heavy atom. The fourth-order valence-electron chi connectivity index (χ4n) is 2.66. The summed E-state index contributed by atoms with van der Waals surface area (Å²) in [6.45, 7) is 0.257. The predicted octanol–water partition coefficient (Wildman–Crippen LogP) is 0.257. The van der Waals surface area contributed by atoms with E-state index in [1.807, 2.05) is 0 Å². The molecule has 2 aliphatic rings. The van der Waals surface area contributed by atoms with Crippen molar-refractivity contribution in [3.63, 3.8) is 0 Å². The highest BCUT2D eigenvalue weighted by Gasteiger charge is 2.34. The van der Waals surface area contributed by atoms with Gasteiger partial charge in [-0.15, -0.1) is 12.4 Å². The molecule has 17 heavy (non-hydrogen) atoms. The van der Waals surface area contributed by atoms with Gasteiger partial charge in [-0.1, -0.05) is 0 Å². The second-order valence-corrected chi connectivity index (χ2v) is 6.61. The van der Waals surface area contributed by atoms with Gasteiger partial charge in [0.1, 0.15) is 0 Å². The summed E-state index contributed by atoms with van der Waals surface area (Å²) in [5, 5.41) is 3.49. The molecule has 0 amide bonds. The molecule has 7 heteroatoms. The van der Waals surface area contributed by atoms with Crippen LogP contribution < -0.4 is 10.0 Å². The summed E-state index contributed by atoms with van der Waals surface area (Å²) >= 11 is 0. The maximum Gasteiger partial charge on any atom is 0.214 e. The molecule has 0 aliphatic carbocycles. The van der Waals surface area contributed by atoms with Gasteiger partial charge < -0.3 is 10.1 Å². The predicted molar refractivity (Wildman–Crippen MR) is 69.0 cm³/mol. The molecular weight excluding hydrogens is 264 g/mol. The normalized spacial score (nSPS) is 32.2. The quantitative estimate of drug-likeness (QED) is 0.760. The molecule has 2 N–H and O–H groups in total. The van der Waals surface area contributed by atoms with Gasteiger partial charge in [-0.25, -0.2) is 13.1 Å². The van der Waals surface area contributed by atoms with E-state index >= 15 is 0 Å². The molecule has 2 bridgehead atoms. The third-order valence-corrected chi connectivity index (χ3v) is 4.77. The Labute approximate surface area is 109 Å². The Kier molecular flexibility index (Phi) is 5.66. The van der Waals surface area contributed by atoms with Crippen molar-refractivity contribution in [3.05, 3.63) is 0 Å². The maximum absolute atomic E-state index is 11.7. The van der Waals surface area contributed by atoms with Gasteiger partial charge in [-0.05, 0) is 25.7 Å². The minimum atomic E-state index is -3.17. The lowest BCUT2D eigenvalue weighted by atomic mass is 10.0. The Balaban J connectivity index is 0.00000144. The summed E-state index contributed by atoms with van der Waals surface area (Å²) in [6.07, 6.45) is 4.20. The number of nitrogens with one attached hydrogen (secondary N) is 2. The molecule has 2 saturated heterocycles. The number of ether oxygens (including phenoxy) is 1. The lowest BCUT2D eigenvalue weighted by Gasteiger charge is -2.29. The van der Waals surface area contributed by atoms with Crippen molar-refractivity contribution in [2.45, 2.75) is 43.8 Å². The summed E-state index contributed by atoms with van der Waals surface area (Å²) in [5.74, 6) is 0.0583. The first-order valence-corrected chi connectivity index (χ1v) is 7.49. The number of halogens is 1. The molecule has 2 atom stereocenters. The molecular formula is C10H21ClN2O3S. The Morgan fingerprint density at radius 3 is 2.41 bits per heavy atom. The number of hydrogen-bond donors (Lipinski definition) is 2. The Morgan fingerprint density at radius 2 is 1.88 bits per heavy atom. The summed E-state index contributed by atoms with van der Waals surface area (Å²) < 4.78 is 30.9. The van der Waals surface area contributed by atoms with E-state index in [0.717, 1.165) is 12.8 Å². The fourth-order valence-corrected chi connectivity index (χ4v) is 3.86. The van der Waals surface area contributed by atoms with Crippen molar-refractivity contribution in [3.8, 4) is 0 Å². The molecule has 2 heterocycles. The zero-order valence-electron chi connectivity index (χ0n) is 10.0. The van der Waals surface area contributed by atoms with Crippen molar-refractivity contribution in [1.29, 1.82) is 0 Å². The van der Waals surface area contributed by atoms with Crippen LogP contribution in [0.5, 0.6) is 0 Å². The number of fused-ring (bicyclic) bond motifs is 2. The van der Waals surface area contributed by atoms with E-state index in [1.165, 1.54) is 20.0 Å². The average Bonchev–Trinajstić information content (AvgIpc) is 2.55. The van der Waals surface area contributed by atoms with Gasteiger partial charge in [-0.3, -0.25) is 0 Å². The van der Waals surface area contributed by atoms with Gasteiger partial charge in [0.05, 0.1) is 12.4 Å². The van der Waals surface area contributed by atoms with E-state index in [9.17, 15) is 8.42 Å². The van der Waals surface area contributed by atoms with Crippen LogP contribution in [0.1, 0.15) is 25.7 Å². The number of rotatable bonds is 5. The van der Waals surface area contributed by atoms with Gasteiger partial charge in [0, 0.05) is 25.2 Å². The van der Waals surface area contributed by atoms with E-state index in [-0.39, 0.29) is 30.8 Å². The molecule has 0 radical (unpaired) electrons. The van der Waals surface area contributed by atoms with E-state index in [1.54, 1.807) is 0 Å². The van der Waals surface area contributed by atoms with E-state index in [0.29, 0.717) is 12.1 Å². The van der Waals surface area contributed by atoms with E-state index in [2.05, 4.69) is 10.0 Å². The molecule has 2 fully saturated rings. The number of methoxy groups -OCH3 is 1. The van der Waals surface area contributed by atoms with Crippen LogP contribution in [0.4, 0.5) is 0 Å². The van der Waals surface area contributed by atoms with Crippen LogP contribution in [0.2, 0.25) is 0 Å². The van der Waals surface area contributed by atoms with Crippen LogP contribution in [-0.4, -0.2) is 46.0 Å². The Hall–Kier alpha value is 0.120. The summed E-state index contributed by atoms with van der Waals surface area (Å²) in [5.41, 5.74) is 0. The van der Waals surface area contributed by atoms with Crippen LogP contribution in [-0.2, 0) is 14.8 Å². The molecule has 0 aromatic heterocycles. The summed E-state index contributed by atoms with van der Waals surface area (Å²) in [4.78, 5) is 0. The van der Waals surface area contributed by atoms with Crippen molar-refractivity contribution < 1.29 is 13.2 Å². The van der Waals surface area contributed by atoms with Gasteiger partial charge in [-0.2, -0.15) is 0 Å². The van der Waals surface area contributed by atoms with E-state index in [4.69, 9.17) is 4.74 Å². The Bertz CT molecular complexity index is 324. The second kappa shape index (κ2) is 6.33. The van der Waals surface area contributed by atoms with Crippen molar-refractivity contribution in [2.24, 2.45) is 0 Å². The minimum absolute atomic E-state index is 0. The first-order valence-electron chi connectivity index (χ1n) is 5.84. The standard InChI is InChI=1S/C10H20N2O3S.ClH/c1-15-4-5-16(13,14)12-10-6-8-2-3-9(7-10)11-8;/h8-12H,2-7H2,1H3;1H. The number of piperidine rings is 1. The molecule has 0 aromatic carbocycles. The van der Waals surface area contributed by atoms with Crippen LogP contribution in [0, 0.1) is 0 Å². The molecule has 5 nitrogen and oxygen atoms in total. The van der Waals surface area contributed by atoms with Crippen LogP contribution >= 0.6 is 12.4 Å². The first kappa shape index (κ1) is 15.2. The minimum Gasteiger partial charge on any atom is -0.384 e. The highest BCUT2D eigenvalue weighted by molar-refractivity contribution is 7.89. The highest BCUT2D eigenvalue weighted by Crippen LogP contribution is 2.27. The number of hydrogen-bond acceptors (Lipinski definition) is 4. The topological polar surface area (TPSA) is 67.4 Å². The molecule has 102 valence electrons. The van der Waals surface area contributed by atoms with E-state index < -0.39 is 10.0 Å². The fraction of sp³-hybridized carbons (Fsp3) is 1.00. The second-order valence-electron chi connectivity index (χ2n) is 4.74. The molecule has 2 rings (SSSR count). The van der Waals surface area contributed by atoms with Crippen molar-refractivity contribution >= 4 is 22.4 Å². The van der Waals surface area contributed by atoms with Crippen molar-refractivity contribution in [1.82, 2.24) is 10.0 Å². The molecule has 0 spiro atoms. The van der Waals surface area contributed by atoms with Gasteiger partial charge in [0.25, 0.3) is 0 Å². The van der Waals surface area contributed by atoms with Gasteiger partial charge in [0.2, 0.25) is 10.0 Å². The van der Waals surface area contributed by atoms with Gasteiger partial charge in [0.15, 0.2) is 0 Å². The number of sulfonamides is 1. The monoisotopic (exact) mass is 284 g/mol. The largest absolute Gasteiger partial charge is 0.384 e. The van der Waals surface area contributed by atoms with Crippen molar-refractivity contribution in [2.75, 3.05) is 19.5 Å². The average molecular weight is 285 g/mol.